The number of rotatable bonds is 5. The van der Waals surface area contributed by atoms with Crippen molar-refractivity contribution >= 4 is 17.4 Å². The van der Waals surface area contributed by atoms with Crippen molar-refractivity contribution in [1.82, 2.24) is 29.9 Å². The smallest absolute Gasteiger partial charge is 0.227 e. The summed E-state index contributed by atoms with van der Waals surface area (Å²) in [7, 11) is 1.67. The summed E-state index contributed by atoms with van der Waals surface area (Å²) in [4.78, 5) is 23.7. The zero-order chi connectivity index (χ0) is 22.6. The van der Waals surface area contributed by atoms with E-state index < -0.39 is 0 Å². The first-order valence-electron chi connectivity index (χ1n) is 11.3. The minimum Gasteiger partial charge on any atom is -0.497 e. The van der Waals surface area contributed by atoms with Gasteiger partial charge in [0, 0.05) is 45.0 Å². The van der Waals surface area contributed by atoms with Crippen LogP contribution in [0, 0.1) is 5.92 Å². The van der Waals surface area contributed by atoms with Crippen LogP contribution in [0.1, 0.15) is 12.8 Å². The number of piperazine rings is 1. The van der Waals surface area contributed by atoms with Gasteiger partial charge >= 0.3 is 0 Å². The quantitative estimate of drug-likeness (QED) is 0.582. The Morgan fingerprint density at radius 3 is 2.36 bits per heavy atom. The Labute approximate surface area is 192 Å². The third kappa shape index (κ3) is 4.59. The maximum atomic E-state index is 13.3. The summed E-state index contributed by atoms with van der Waals surface area (Å²) in [6.45, 7) is 4.72. The van der Waals surface area contributed by atoms with Crippen molar-refractivity contribution in [1.29, 1.82) is 0 Å². The number of piperidine rings is 1. The van der Waals surface area contributed by atoms with E-state index in [-0.39, 0.29) is 11.8 Å². The second-order valence-electron chi connectivity index (χ2n) is 8.39. The van der Waals surface area contributed by atoms with Gasteiger partial charge in [-0.1, -0.05) is 0 Å². The molecule has 10 heteroatoms. The zero-order valence-corrected chi connectivity index (χ0v) is 18.7. The normalized spacial score (nSPS) is 18.9. The number of nitrogens with zero attached hydrogens (tertiary/aromatic N) is 8. The number of benzene rings is 1. The summed E-state index contributed by atoms with van der Waals surface area (Å²) in [6, 6.07) is 11.9. The van der Waals surface area contributed by atoms with Crippen molar-refractivity contribution in [3.8, 4) is 11.6 Å². The first-order valence-corrected chi connectivity index (χ1v) is 11.3. The van der Waals surface area contributed by atoms with Crippen molar-refractivity contribution in [2.75, 3.05) is 56.2 Å². The third-order valence-electron chi connectivity index (χ3n) is 6.41. The number of anilines is 2. The largest absolute Gasteiger partial charge is 0.497 e. The molecule has 1 atom stereocenters. The molecule has 2 aliphatic rings. The Morgan fingerprint density at radius 2 is 1.70 bits per heavy atom. The van der Waals surface area contributed by atoms with Crippen LogP contribution in [0.3, 0.4) is 0 Å². The van der Waals surface area contributed by atoms with Gasteiger partial charge in [0.15, 0.2) is 11.6 Å². The Bertz CT molecular complexity index is 1050. The van der Waals surface area contributed by atoms with Crippen LogP contribution in [0.4, 0.5) is 11.5 Å². The fourth-order valence-corrected chi connectivity index (χ4v) is 4.56. The molecule has 0 radical (unpaired) electrons. The van der Waals surface area contributed by atoms with Crippen LogP contribution in [-0.4, -0.2) is 82.1 Å². The average Bonchev–Trinajstić information content (AvgIpc) is 3.44. The Morgan fingerprint density at radius 1 is 0.939 bits per heavy atom. The van der Waals surface area contributed by atoms with E-state index in [9.17, 15) is 4.79 Å². The Kier molecular flexibility index (Phi) is 6.05. The van der Waals surface area contributed by atoms with E-state index in [4.69, 9.17) is 4.74 Å². The molecule has 2 aliphatic heterocycles. The monoisotopic (exact) mass is 448 g/mol. The maximum absolute atomic E-state index is 13.3. The van der Waals surface area contributed by atoms with Crippen molar-refractivity contribution in [3.05, 3.63) is 49.1 Å². The molecule has 0 aliphatic carbocycles. The third-order valence-corrected chi connectivity index (χ3v) is 6.41. The number of amides is 1. The van der Waals surface area contributed by atoms with E-state index >= 15 is 0 Å². The number of aromatic nitrogens is 5. The van der Waals surface area contributed by atoms with Gasteiger partial charge in [0.25, 0.3) is 0 Å². The molecule has 0 saturated carbocycles. The van der Waals surface area contributed by atoms with Crippen LogP contribution >= 0.6 is 0 Å². The Hall–Kier alpha value is -3.69. The molecular formula is C23H28N8O2. The van der Waals surface area contributed by atoms with Gasteiger partial charge in [-0.3, -0.25) is 4.79 Å². The van der Waals surface area contributed by atoms with Crippen LogP contribution in [0.25, 0.3) is 5.82 Å². The molecule has 0 bridgehead atoms. The molecule has 0 spiro atoms. The molecule has 2 aromatic heterocycles. The van der Waals surface area contributed by atoms with Gasteiger partial charge in [0.1, 0.15) is 18.4 Å². The molecule has 3 aromatic rings. The van der Waals surface area contributed by atoms with E-state index in [2.05, 4.69) is 42.2 Å². The fourth-order valence-electron chi connectivity index (χ4n) is 4.56. The van der Waals surface area contributed by atoms with Crippen molar-refractivity contribution < 1.29 is 9.53 Å². The minimum atomic E-state index is -0.0110. The highest BCUT2D eigenvalue weighted by Crippen LogP contribution is 2.25. The number of carbonyl (C=O) groups is 1. The number of hydrogen-bond acceptors (Lipinski definition) is 8. The summed E-state index contributed by atoms with van der Waals surface area (Å²) in [5, 5.41) is 12.7. The lowest BCUT2D eigenvalue weighted by Crippen LogP contribution is -2.52. The van der Waals surface area contributed by atoms with Gasteiger partial charge in [-0.15, -0.1) is 10.2 Å². The molecule has 2 fully saturated rings. The first-order chi connectivity index (χ1) is 16.2. The molecule has 172 valence electrons. The fraction of sp³-hybridized carbons (Fsp3) is 0.435. The van der Waals surface area contributed by atoms with Crippen molar-refractivity contribution in [2.24, 2.45) is 5.92 Å². The highest BCUT2D eigenvalue weighted by atomic mass is 16.5. The van der Waals surface area contributed by atoms with Gasteiger partial charge < -0.3 is 19.4 Å². The maximum Gasteiger partial charge on any atom is 0.227 e. The van der Waals surface area contributed by atoms with E-state index in [1.54, 1.807) is 18.1 Å². The lowest BCUT2D eigenvalue weighted by Gasteiger charge is -2.40. The van der Waals surface area contributed by atoms with Crippen molar-refractivity contribution in [3.63, 3.8) is 0 Å². The van der Waals surface area contributed by atoms with Crippen LogP contribution < -0.4 is 14.5 Å². The summed E-state index contributed by atoms with van der Waals surface area (Å²) in [5.74, 6) is 2.51. The van der Waals surface area contributed by atoms with Gasteiger partial charge in [0.05, 0.1) is 13.0 Å². The van der Waals surface area contributed by atoms with Crippen LogP contribution in [0.5, 0.6) is 5.75 Å². The first kappa shape index (κ1) is 21.2. The van der Waals surface area contributed by atoms with E-state index in [1.165, 1.54) is 12.0 Å². The molecule has 1 unspecified atom stereocenters. The van der Waals surface area contributed by atoms with Crippen LogP contribution in [-0.2, 0) is 4.79 Å². The van der Waals surface area contributed by atoms with Gasteiger partial charge in [-0.05, 0) is 49.2 Å². The molecule has 5 rings (SSSR count). The van der Waals surface area contributed by atoms with E-state index in [0.717, 1.165) is 57.1 Å². The molecule has 1 amide bonds. The molecule has 0 N–H and O–H groups in total. The molecule has 2 saturated heterocycles. The van der Waals surface area contributed by atoms with E-state index in [1.807, 2.05) is 29.2 Å². The lowest BCUT2D eigenvalue weighted by atomic mass is 9.96. The van der Waals surface area contributed by atoms with Gasteiger partial charge in [-0.25, -0.2) is 9.67 Å². The predicted octanol–water partition coefficient (Wildman–Crippen LogP) is 1.63. The zero-order valence-electron chi connectivity index (χ0n) is 18.7. The second-order valence-corrected chi connectivity index (χ2v) is 8.39. The van der Waals surface area contributed by atoms with Crippen LogP contribution in [0.15, 0.2) is 49.1 Å². The Balaban J connectivity index is 1.17. The number of hydrogen-bond donors (Lipinski definition) is 0. The highest BCUT2D eigenvalue weighted by Gasteiger charge is 2.31. The van der Waals surface area contributed by atoms with E-state index in [0.29, 0.717) is 12.4 Å². The molecule has 10 nitrogen and oxygen atoms in total. The SMILES string of the molecule is COc1ccc(N2CCN(C(=O)C3CCCN(c4ccc(-n5cncn5)nn4)C3)CC2)cc1. The number of methoxy groups -OCH3 is 1. The number of ether oxygens (including phenoxy) is 1. The summed E-state index contributed by atoms with van der Waals surface area (Å²) in [6.07, 6.45) is 4.94. The predicted molar refractivity (Wildman–Crippen MR) is 124 cm³/mol. The summed E-state index contributed by atoms with van der Waals surface area (Å²) in [5.41, 5.74) is 1.17. The topological polar surface area (TPSA) is 92.5 Å². The summed E-state index contributed by atoms with van der Waals surface area (Å²) >= 11 is 0. The standard InChI is InChI=1S/C23H28N8O2/c1-33-20-6-4-19(5-7-20)28-11-13-29(14-12-28)23(32)18-3-2-10-30(15-18)21-8-9-22(27-26-21)31-17-24-16-25-31/h4-9,16-18H,2-3,10-15H2,1H3. The molecule has 1 aromatic carbocycles. The highest BCUT2D eigenvalue weighted by molar-refractivity contribution is 5.80. The molecular weight excluding hydrogens is 420 g/mol. The van der Waals surface area contributed by atoms with Crippen molar-refractivity contribution in [2.45, 2.75) is 12.8 Å². The molecule has 4 heterocycles. The number of carbonyl (C=O) groups excluding carboxylic acids is 1. The minimum absolute atomic E-state index is 0.0110. The second kappa shape index (κ2) is 9.43. The average molecular weight is 449 g/mol. The lowest BCUT2D eigenvalue weighted by molar-refractivity contribution is -0.136. The summed E-state index contributed by atoms with van der Waals surface area (Å²) < 4.78 is 6.82. The van der Waals surface area contributed by atoms with Gasteiger partial charge in [-0.2, -0.15) is 5.10 Å². The van der Waals surface area contributed by atoms with Gasteiger partial charge in [0.2, 0.25) is 5.91 Å². The molecule has 33 heavy (non-hydrogen) atoms. The van der Waals surface area contributed by atoms with Crippen LogP contribution in [0.2, 0.25) is 0 Å².